The van der Waals surface area contributed by atoms with Gasteiger partial charge in [0.05, 0.1) is 5.69 Å². The SMILES string of the molecule is O=C(NC1CC1)c1ccc(-c2csc(NC(=O)[C@H]3SCCN3C(=O)OCc3ccccc3)n2)cc1. The summed E-state index contributed by atoms with van der Waals surface area (Å²) in [6.07, 6.45) is 1.58. The van der Waals surface area contributed by atoms with E-state index in [1.807, 2.05) is 47.8 Å². The van der Waals surface area contributed by atoms with E-state index in [2.05, 4.69) is 15.6 Å². The number of thioether (sulfide) groups is 1. The lowest BCUT2D eigenvalue weighted by molar-refractivity contribution is -0.117. The molecule has 0 bridgehead atoms. The lowest BCUT2D eigenvalue weighted by Gasteiger charge is -2.22. The van der Waals surface area contributed by atoms with Gasteiger partial charge in [0.2, 0.25) is 0 Å². The Kier molecular flexibility index (Phi) is 7.01. The Hall–Kier alpha value is -3.37. The molecule has 5 rings (SSSR count). The van der Waals surface area contributed by atoms with E-state index in [1.165, 1.54) is 28.0 Å². The first-order valence-electron chi connectivity index (χ1n) is 11.3. The van der Waals surface area contributed by atoms with Gasteiger partial charge >= 0.3 is 6.09 Å². The van der Waals surface area contributed by atoms with Gasteiger partial charge in [0.1, 0.15) is 6.61 Å². The first-order valence-corrected chi connectivity index (χ1v) is 13.3. The summed E-state index contributed by atoms with van der Waals surface area (Å²) in [5, 5.41) is 7.42. The van der Waals surface area contributed by atoms with Crippen LogP contribution in [0.4, 0.5) is 9.93 Å². The van der Waals surface area contributed by atoms with Gasteiger partial charge in [-0.2, -0.15) is 0 Å². The van der Waals surface area contributed by atoms with Crippen molar-refractivity contribution in [3.8, 4) is 11.3 Å². The van der Waals surface area contributed by atoms with Crippen LogP contribution in [0.5, 0.6) is 0 Å². The highest BCUT2D eigenvalue weighted by atomic mass is 32.2. The number of anilines is 1. The third kappa shape index (κ3) is 5.83. The normalized spacial score (nSPS) is 17.1. The van der Waals surface area contributed by atoms with E-state index in [0.717, 1.165) is 24.0 Å². The average molecular weight is 509 g/mol. The fraction of sp³-hybridized carbons (Fsp3) is 0.280. The van der Waals surface area contributed by atoms with Gasteiger partial charge in [-0.15, -0.1) is 23.1 Å². The third-order valence-electron chi connectivity index (χ3n) is 5.64. The van der Waals surface area contributed by atoms with E-state index in [4.69, 9.17) is 4.74 Å². The van der Waals surface area contributed by atoms with Crippen LogP contribution in [0, 0.1) is 0 Å². The summed E-state index contributed by atoms with van der Waals surface area (Å²) in [6, 6.07) is 17.0. The van der Waals surface area contributed by atoms with Crippen molar-refractivity contribution in [2.24, 2.45) is 0 Å². The standard InChI is InChI=1S/C25H24N4O4S2/c30-21(26-19-10-11-19)18-8-6-17(7-9-18)20-15-35-24(27-20)28-22(31)23-29(12-13-34-23)25(32)33-14-16-4-2-1-3-5-16/h1-9,15,19,23H,10-14H2,(H,26,30)(H,27,28,31)/t23-/m1/s1. The molecule has 0 radical (unpaired) electrons. The lowest BCUT2D eigenvalue weighted by Crippen LogP contribution is -2.42. The maximum Gasteiger partial charge on any atom is 0.411 e. The number of hydrogen-bond acceptors (Lipinski definition) is 7. The Morgan fingerprint density at radius 1 is 1.06 bits per heavy atom. The van der Waals surface area contributed by atoms with Crippen molar-refractivity contribution in [3.05, 3.63) is 71.1 Å². The van der Waals surface area contributed by atoms with Crippen LogP contribution in [0.25, 0.3) is 11.3 Å². The number of rotatable bonds is 7. The van der Waals surface area contributed by atoms with E-state index >= 15 is 0 Å². The number of aromatic nitrogens is 1. The molecule has 3 aromatic rings. The molecule has 1 aliphatic heterocycles. The van der Waals surface area contributed by atoms with Crippen molar-refractivity contribution in [2.45, 2.75) is 30.9 Å². The smallest absolute Gasteiger partial charge is 0.411 e. The van der Waals surface area contributed by atoms with E-state index in [0.29, 0.717) is 34.7 Å². The summed E-state index contributed by atoms with van der Waals surface area (Å²) < 4.78 is 5.41. The fourth-order valence-corrected chi connectivity index (χ4v) is 5.43. The molecule has 1 atom stereocenters. The van der Waals surface area contributed by atoms with Crippen LogP contribution in [0.15, 0.2) is 60.0 Å². The molecule has 180 valence electrons. The molecule has 2 fully saturated rings. The van der Waals surface area contributed by atoms with E-state index in [1.54, 1.807) is 12.1 Å². The summed E-state index contributed by atoms with van der Waals surface area (Å²) in [7, 11) is 0. The topological polar surface area (TPSA) is 101 Å². The van der Waals surface area contributed by atoms with Gasteiger partial charge in [0.15, 0.2) is 10.5 Å². The van der Waals surface area contributed by atoms with Crippen molar-refractivity contribution in [3.63, 3.8) is 0 Å². The molecule has 10 heteroatoms. The monoisotopic (exact) mass is 508 g/mol. The zero-order valence-corrected chi connectivity index (χ0v) is 20.4. The van der Waals surface area contributed by atoms with Crippen LogP contribution < -0.4 is 10.6 Å². The van der Waals surface area contributed by atoms with Crippen LogP contribution in [0.2, 0.25) is 0 Å². The van der Waals surface area contributed by atoms with Crippen LogP contribution in [-0.4, -0.2) is 51.5 Å². The van der Waals surface area contributed by atoms with Gasteiger partial charge < -0.3 is 10.1 Å². The maximum atomic E-state index is 12.9. The highest BCUT2D eigenvalue weighted by Gasteiger charge is 2.36. The van der Waals surface area contributed by atoms with Crippen molar-refractivity contribution < 1.29 is 19.1 Å². The zero-order chi connectivity index (χ0) is 24.2. The molecule has 1 saturated carbocycles. The molecule has 35 heavy (non-hydrogen) atoms. The van der Waals surface area contributed by atoms with Crippen LogP contribution in [0.1, 0.15) is 28.8 Å². The summed E-state index contributed by atoms with van der Waals surface area (Å²) in [5.41, 5.74) is 3.06. The average Bonchev–Trinajstić information content (AvgIpc) is 3.35. The molecule has 0 unspecified atom stereocenters. The number of carbonyl (C=O) groups is 3. The van der Waals surface area contributed by atoms with Crippen molar-refractivity contribution in [1.29, 1.82) is 0 Å². The van der Waals surface area contributed by atoms with Crippen LogP contribution in [0.3, 0.4) is 0 Å². The molecule has 2 heterocycles. The van der Waals surface area contributed by atoms with Gasteiger partial charge in [0.25, 0.3) is 11.8 Å². The number of nitrogens with zero attached hydrogens (tertiary/aromatic N) is 2. The Morgan fingerprint density at radius 3 is 2.57 bits per heavy atom. The zero-order valence-electron chi connectivity index (χ0n) is 18.8. The minimum Gasteiger partial charge on any atom is -0.445 e. The Bertz CT molecular complexity index is 1210. The highest BCUT2D eigenvalue weighted by Crippen LogP contribution is 2.29. The number of thiazole rings is 1. The maximum absolute atomic E-state index is 12.9. The molecule has 2 aliphatic rings. The second kappa shape index (κ2) is 10.5. The minimum absolute atomic E-state index is 0.0637. The Balaban J connectivity index is 1.17. The van der Waals surface area contributed by atoms with Crippen molar-refractivity contribution in [2.75, 3.05) is 17.6 Å². The van der Waals surface area contributed by atoms with Crippen molar-refractivity contribution >= 4 is 46.1 Å². The quantitative estimate of drug-likeness (QED) is 0.492. The van der Waals surface area contributed by atoms with Crippen molar-refractivity contribution in [1.82, 2.24) is 15.2 Å². The molecular weight excluding hydrogens is 484 g/mol. The van der Waals surface area contributed by atoms with E-state index in [-0.39, 0.29) is 18.4 Å². The van der Waals surface area contributed by atoms with Gasteiger partial charge in [-0.3, -0.25) is 19.8 Å². The predicted molar refractivity (Wildman–Crippen MR) is 136 cm³/mol. The molecule has 2 aromatic carbocycles. The Labute approximate surface area is 211 Å². The molecule has 2 N–H and O–H groups in total. The third-order valence-corrected chi connectivity index (χ3v) is 7.60. The number of ether oxygens (including phenoxy) is 1. The summed E-state index contributed by atoms with van der Waals surface area (Å²) in [4.78, 5) is 43.6. The lowest BCUT2D eigenvalue weighted by atomic mass is 10.1. The first kappa shape index (κ1) is 23.4. The van der Waals surface area contributed by atoms with E-state index in [9.17, 15) is 14.4 Å². The number of benzene rings is 2. The van der Waals surface area contributed by atoms with Gasteiger partial charge in [-0.25, -0.2) is 9.78 Å². The molecule has 1 saturated heterocycles. The molecule has 3 amide bonds. The van der Waals surface area contributed by atoms with Crippen LogP contribution >= 0.6 is 23.1 Å². The molecular formula is C25H24N4O4S2. The number of nitrogens with one attached hydrogen (secondary N) is 2. The molecule has 8 nitrogen and oxygen atoms in total. The minimum atomic E-state index is -0.671. The van der Waals surface area contributed by atoms with Gasteiger partial charge in [0, 0.05) is 34.8 Å². The van der Waals surface area contributed by atoms with Gasteiger partial charge in [-0.1, -0.05) is 42.5 Å². The predicted octanol–water partition coefficient (Wildman–Crippen LogP) is 4.35. The van der Waals surface area contributed by atoms with E-state index < -0.39 is 11.5 Å². The Morgan fingerprint density at radius 2 is 1.83 bits per heavy atom. The molecule has 0 spiro atoms. The first-order chi connectivity index (χ1) is 17.1. The fourth-order valence-electron chi connectivity index (χ4n) is 3.60. The number of amides is 3. The number of hydrogen-bond donors (Lipinski definition) is 2. The second-order valence-corrected chi connectivity index (χ2v) is 10.4. The van der Waals surface area contributed by atoms with Crippen LogP contribution in [-0.2, 0) is 16.1 Å². The highest BCUT2D eigenvalue weighted by molar-refractivity contribution is 8.00. The van der Waals surface area contributed by atoms with Gasteiger partial charge in [-0.05, 0) is 30.5 Å². The summed E-state index contributed by atoms with van der Waals surface area (Å²) in [5.74, 6) is 0.283. The summed E-state index contributed by atoms with van der Waals surface area (Å²) in [6.45, 7) is 0.603. The number of carbonyl (C=O) groups excluding carboxylic acids is 3. The largest absolute Gasteiger partial charge is 0.445 e. The molecule has 1 aliphatic carbocycles. The summed E-state index contributed by atoms with van der Waals surface area (Å²) >= 11 is 2.71. The molecule has 1 aromatic heterocycles. The second-order valence-electron chi connectivity index (χ2n) is 8.31.